The molecule has 0 bridgehead atoms. The molecule has 120 valence electrons. The Morgan fingerprint density at radius 1 is 1.45 bits per heavy atom. The van der Waals surface area contributed by atoms with Crippen LogP contribution >= 0.6 is 12.4 Å². The maximum atomic E-state index is 12.2. The second-order valence-electron chi connectivity index (χ2n) is 5.50. The summed E-state index contributed by atoms with van der Waals surface area (Å²) in [5, 5.41) is 17.7. The molecule has 1 unspecified atom stereocenters. The van der Waals surface area contributed by atoms with Crippen molar-refractivity contribution < 1.29 is 4.79 Å². The molecule has 3 N–H and O–H groups in total. The van der Waals surface area contributed by atoms with E-state index in [2.05, 4.69) is 25.9 Å². The summed E-state index contributed by atoms with van der Waals surface area (Å²) in [4.78, 5) is 12.2. The topological polar surface area (TPSA) is 87.6 Å². The van der Waals surface area contributed by atoms with Gasteiger partial charge in [0.25, 0.3) is 5.91 Å². The maximum absolute atomic E-state index is 12.2. The van der Waals surface area contributed by atoms with Gasteiger partial charge in [0, 0.05) is 30.9 Å². The Labute approximate surface area is 135 Å². The van der Waals surface area contributed by atoms with Crippen LogP contribution in [0.25, 0.3) is 11.3 Å². The quantitative estimate of drug-likeness (QED) is 0.784. The molecule has 3 rings (SSSR count). The highest BCUT2D eigenvalue weighted by Gasteiger charge is 2.20. The standard InChI is InChI=1S/C14H20N6O.ClH/c1-8-13(9(2)20(3)19-8)11-6-12(18-17-11)14(21)16-10-4-5-15-7-10;/h6,10,15H,4-5,7H2,1-3H3,(H,16,21)(H,17,18);1H. The molecule has 1 amide bonds. The van der Waals surface area contributed by atoms with Gasteiger partial charge in [0.15, 0.2) is 0 Å². The Kier molecular flexibility index (Phi) is 4.87. The first-order valence-electron chi connectivity index (χ1n) is 7.14. The zero-order valence-corrected chi connectivity index (χ0v) is 13.8. The molecule has 0 aliphatic carbocycles. The van der Waals surface area contributed by atoms with Crippen LogP contribution in [0.3, 0.4) is 0 Å². The van der Waals surface area contributed by atoms with Gasteiger partial charge in [-0.1, -0.05) is 0 Å². The van der Waals surface area contributed by atoms with Crippen molar-refractivity contribution in [1.82, 2.24) is 30.6 Å². The van der Waals surface area contributed by atoms with Gasteiger partial charge in [-0.3, -0.25) is 14.6 Å². The molecule has 2 aromatic heterocycles. The van der Waals surface area contributed by atoms with Crippen molar-refractivity contribution >= 4 is 18.3 Å². The normalized spacial score (nSPS) is 17.3. The van der Waals surface area contributed by atoms with E-state index < -0.39 is 0 Å². The summed E-state index contributed by atoms with van der Waals surface area (Å²) in [5.41, 5.74) is 4.17. The van der Waals surface area contributed by atoms with Crippen molar-refractivity contribution in [3.63, 3.8) is 0 Å². The fourth-order valence-corrected chi connectivity index (χ4v) is 2.75. The van der Waals surface area contributed by atoms with E-state index in [1.54, 1.807) is 6.07 Å². The van der Waals surface area contributed by atoms with E-state index in [1.807, 2.05) is 25.6 Å². The van der Waals surface area contributed by atoms with E-state index in [0.717, 1.165) is 42.2 Å². The predicted octanol–water partition coefficient (Wildman–Crippen LogP) is 0.941. The fourth-order valence-electron chi connectivity index (χ4n) is 2.75. The van der Waals surface area contributed by atoms with Gasteiger partial charge >= 0.3 is 0 Å². The number of aromatic amines is 1. The lowest BCUT2D eigenvalue weighted by atomic mass is 10.1. The van der Waals surface area contributed by atoms with E-state index in [9.17, 15) is 4.79 Å². The minimum Gasteiger partial charge on any atom is -0.347 e. The first-order chi connectivity index (χ1) is 10.1. The Morgan fingerprint density at radius 3 is 2.82 bits per heavy atom. The number of hydrogen-bond acceptors (Lipinski definition) is 4. The minimum absolute atomic E-state index is 0. The van der Waals surface area contributed by atoms with E-state index >= 15 is 0 Å². The molecule has 2 aromatic rings. The number of amides is 1. The SMILES string of the molecule is Cc1nn(C)c(C)c1-c1cc(C(=O)NC2CCNC2)[nH]n1.Cl. The third kappa shape index (κ3) is 3.00. The van der Waals surface area contributed by atoms with Crippen molar-refractivity contribution in [2.24, 2.45) is 7.05 Å². The van der Waals surface area contributed by atoms with E-state index in [-0.39, 0.29) is 24.4 Å². The molecule has 3 heterocycles. The molecule has 7 nitrogen and oxygen atoms in total. The highest BCUT2D eigenvalue weighted by atomic mass is 35.5. The van der Waals surface area contributed by atoms with Crippen molar-refractivity contribution in [1.29, 1.82) is 0 Å². The van der Waals surface area contributed by atoms with Crippen LogP contribution in [0.1, 0.15) is 28.3 Å². The number of carbonyl (C=O) groups is 1. The van der Waals surface area contributed by atoms with Gasteiger partial charge in [-0.25, -0.2) is 0 Å². The van der Waals surface area contributed by atoms with Crippen LogP contribution in [0.5, 0.6) is 0 Å². The van der Waals surface area contributed by atoms with E-state index in [1.165, 1.54) is 0 Å². The molecule has 1 aliphatic rings. The Hall–Kier alpha value is -1.86. The molecule has 1 aliphatic heterocycles. The summed E-state index contributed by atoms with van der Waals surface area (Å²) in [5.74, 6) is -0.110. The number of rotatable bonds is 3. The predicted molar refractivity (Wildman–Crippen MR) is 86.3 cm³/mol. The molecular weight excluding hydrogens is 304 g/mol. The Bertz CT molecular complexity index is 671. The first-order valence-corrected chi connectivity index (χ1v) is 7.14. The summed E-state index contributed by atoms with van der Waals surface area (Å²) < 4.78 is 1.82. The van der Waals surface area contributed by atoms with Gasteiger partial charge in [-0.2, -0.15) is 10.2 Å². The maximum Gasteiger partial charge on any atom is 0.269 e. The van der Waals surface area contributed by atoms with Gasteiger partial charge in [0.05, 0.1) is 11.4 Å². The van der Waals surface area contributed by atoms with Gasteiger partial charge in [0.2, 0.25) is 0 Å². The summed E-state index contributed by atoms with van der Waals surface area (Å²) >= 11 is 0. The lowest BCUT2D eigenvalue weighted by Crippen LogP contribution is -2.36. The summed E-state index contributed by atoms with van der Waals surface area (Å²) in [6, 6.07) is 1.99. The Balaban J connectivity index is 0.00000176. The van der Waals surface area contributed by atoms with Crippen LogP contribution < -0.4 is 10.6 Å². The third-order valence-corrected chi connectivity index (χ3v) is 3.98. The molecule has 8 heteroatoms. The van der Waals surface area contributed by atoms with Crippen LogP contribution in [0, 0.1) is 13.8 Å². The molecule has 0 radical (unpaired) electrons. The fraction of sp³-hybridized carbons (Fsp3) is 0.500. The van der Waals surface area contributed by atoms with Crippen LogP contribution in [-0.4, -0.2) is 45.0 Å². The highest BCUT2D eigenvalue weighted by molar-refractivity contribution is 5.93. The van der Waals surface area contributed by atoms with Gasteiger partial charge in [-0.05, 0) is 32.9 Å². The molecule has 0 saturated carbocycles. The lowest BCUT2D eigenvalue weighted by Gasteiger charge is -2.09. The zero-order chi connectivity index (χ0) is 15.0. The second-order valence-corrected chi connectivity index (χ2v) is 5.50. The van der Waals surface area contributed by atoms with Crippen molar-refractivity contribution in [2.75, 3.05) is 13.1 Å². The molecule has 1 atom stereocenters. The number of aromatic nitrogens is 4. The Morgan fingerprint density at radius 2 is 2.23 bits per heavy atom. The second kappa shape index (κ2) is 6.50. The molecular formula is C14H21ClN6O. The zero-order valence-electron chi connectivity index (χ0n) is 12.9. The van der Waals surface area contributed by atoms with Gasteiger partial charge in [0.1, 0.15) is 5.69 Å². The number of H-pyrrole nitrogens is 1. The van der Waals surface area contributed by atoms with Crippen molar-refractivity contribution in [3.05, 3.63) is 23.1 Å². The molecule has 0 aromatic carbocycles. The highest BCUT2D eigenvalue weighted by Crippen LogP contribution is 2.25. The van der Waals surface area contributed by atoms with Crippen LogP contribution in [-0.2, 0) is 7.05 Å². The number of halogens is 1. The molecule has 22 heavy (non-hydrogen) atoms. The van der Waals surface area contributed by atoms with Crippen LogP contribution in [0.2, 0.25) is 0 Å². The summed E-state index contributed by atoms with van der Waals surface area (Å²) in [6.07, 6.45) is 0.966. The third-order valence-electron chi connectivity index (χ3n) is 3.98. The number of carbonyl (C=O) groups excluding carboxylic acids is 1. The average molecular weight is 325 g/mol. The van der Waals surface area contributed by atoms with Gasteiger partial charge in [-0.15, -0.1) is 12.4 Å². The first kappa shape index (κ1) is 16.5. The van der Waals surface area contributed by atoms with Crippen molar-refractivity contribution in [2.45, 2.75) is 26.3 Å². The van der Waals surface area contributed by atoms with E-state index in [4.69, 9.17) is 0 Å². The number of nitrogens with zero attached hydrogens (tertiary/aromatic N) is 3. The molecule has 1 fully saturated rings. The van der Waals surface area contributed by atoms with Gasteiger partial charge < -0.3 is 10.6 Å². The molecule has 0 spiro atoms. The number of aryl methyl sites for hydroxylation is 2. The minimum atomic E-state index is -0.110. The summed E-state index contributed by atoms with van der Waals surface area (Å²) in [7, 11) is 1.90. The largest absolute Gasteiger partial charge is 0.347 e. The van der Waals surface area contributed by atoms with Crippen molar-refractivity contribution in [3.8, 4) is 11.3 Å². The average Bonchev–Trinajstić information content (AvgIpc) is 3.13. The van der Waals surface area contributed by atoms with Crippen LogP contribution in [0.4, 0.5) is 0 Å². The monoisotopic (exact) mass is 324 g/mol. The van der Waals surface area contributed by atoms with Crippen LogP contribution in [0.15, 0.2) is 6.07 Å². The number of nitrogens with one attached hydrogen (secondary N) is 3. The smallest absolute Gasteiger partial charge is 0.269 e. The lowest BCUT2D eigenvalue weighted by molar-refractivity contribution is 0.0935. The molecule has 1 saturated heterocycles. The van der Waals surface area contributed by atoms with E-state index in [0.29, 0.717) is 5.69 Å². The summed E-state index contributed by atoms with van der Waals surface area (Å²) in [6.45, 7) is 5.72. The number of hydrogen-bond donors (Lipinski definition) is 3.